The molecular formula is C25H22FN9O2S. The van der Waals surface area contributed by atoms with Crippen LogP contribution in [0, 0.1) is 5.82 Å². The molecule has 0 radical (unpaired) electrons. The average Bonchev–Trinajstić information content (AvgIpc) is 3.65. The molecule has 0 fully saturated rings. The number of aryl methyl sites for hydroxylation is 1. The number of carbonyl (C=O) groups excluding carboxylic acids is 1. The van der Waals surface area contributed by atoms with Crippen molar-refractivity contribution in [3.05, 3.63) is 87.4 Å². The Morgan fingerprint density at radius 2 is 2.05 bits per heavy atom. The number of nitrogens with one attached hydrogen (secondary N) is 2. The maximum absolute atomic E-state index is 14.1. The molecule has 0 spiro atoms. The Morgan fingerprint density at radius 3 is 2.92 bits per heavy atom. The molecule has 5 aromatic rings. The number of thiophene rings is 1. The van der Waals surface area contributed by atoms with Crippen molar-refractivity contribution in [2.75, 3.05) is 11.1 Å². The Hall–Kier alpha value is -4.65. The Labute approximate surface area is 219 Å². The molecule has 1 aliphatic heterocycles. The molecule has 5 heterocycles. The number of rotatable bonds is 7. The van der Waals surface area contributed by atoms with E-state index in [0.717, 1.165) is 20.7 Å². The van der Waals surface area contributed by atoms with E-state index in [0.29, 0.717) is 36.7 Å². The van der Waals surface area contributed by atoms with Gasteiger partial charge in [0.2, 0.25) is 5.91 Å². The lowest BCUT2D eigenvalue weighted by molar-refractivity contribution is -0.124. The number of nitrogen functional groups attached to an aromatic ring is 1. The zero-order valence-electron chi connectivity index (χ0n) is 20.0. The van der Waals surface area contributed by atoms with E-state index >= 15 is 0 Å². The van der Waals surface area contributed by atoms with E-state index in [9.17, 15) is 14.0 Å². The summed E-state index contributed by atoms with van der Waals surface area (Å²) in [7, 11) is 0. The summed E-state index contributed by atoms with van der Waals surface area (Å²) in [6.45, 7) is 0.582. The number of halogens is 1. The van der Waals surface area contributed by atoms with Crippen LogP contribution >= 0.6 is 11.3 Å². The van der Waals surface area contributed by atoms with Crippen LogP contribution < -0.4 is 21.9 Å². The summed E-state index contributed by atoms with van der Waals surface area (Å²) in [6, 6.07) is 9.30. The van der Waals surface area contributed by atoms with Gasteiger partial charge in [-0.2, -0.15) is 5.10 Å². The van der Waals surface area contributed by atoms with Crippen LogP contribution in [0.1, 0.15) is 28.7 Å². The van der Waals surface area contributed by atoms with Crippen LogP contribution in [0.5, 0.6) is 0 Å². The number of benzene rings is 1. The van der Waals surface area contributed by atoms with Gasteiger partial charge >= 0.3 is 0 Å². The zero-order valence-corrected chi connectivity index (χ0v) is 20.8. The van der Waals surface area contributed by atoms with E-state index in [1.54, 1.807) is 36.7 Å². The molecule has 13 heteroatoms. The molecule has 0 saturated heterocycles. The van der Waals surface area contributed by atoms with Crippen LogP contribution in [-0.4, -0.2) is 35.4 Å². The molecule has 11 nitrogen and oxygen atoms in total. The summed E-state index contributed by atoms with van der Waals surface area (Å²) in [6.07, 6.45) is 5.79. The van der Waals surface area contributed by atoms with Crippen molar-refractivity contribution >= 4 is 39.0 Å². The highest BCUT2D eigenvalue weighted by molar-refractivity contribution is 7.19. The minimum Gasteiger partial charge on any atom is -0.382 e. The first-order valence-corrected chi connectivity index (χ1v) is 12.7. The lowest BCUT2D eigenvalue weighted by Gasteiger charge is -2.15. The molecule has 4 N–H and O–H groups in total. The molecule has 0 unspecified atom stereocenters. The first-order chi connectivity index (χ1) is 18.5. The van der Waals surface area contributed by atoms with Gasteiger partial charge in [-0.3, -0.25) is 14.2 Å². The van der Waals surface area contributed by atoms with Gasteiger partial charge in [0.1, 0.15) is 40.4 Å². The standard InChI is InChI=1S/C25H22FN9O2S/c26-16-3-1-2-4-19(16)34-13-14(10-31-34)9-28-18-12-29-23-6-5-20(35(23)25(18)37)24(36)30-11-15-7-17-21(38-15)8-22(27)33-32-17/h1-4,7-8,10,12-13,20,28H,5-6,9,11H2,(H2,27,33)(H,30,36)/t20-/m0/s1. The van der Waals surface area contributed by atoms with Crippen molar-refractivity contribution in [1.29, 1.82) is 0 Å². The molecule has 1 atom stereocenters. The van der Waals surface area contributed by atoms with Gasteiger partial charge in [0.05, 0.1) is 23.6 Å². The number of para-hydroxylation sites is 1. The fourth-order valence-corrected chi connectivity index (χ4v) is 5.46. The molecule has 1 aliphatic rings. The number of hydrogen-bond donors (Lipinski definition) is 3. The van der Waals surface area contributed by atoms with Gasteiger partial charge in [0.25, 0.3) is 5.56 Å². The number of fused-ring (bicyclic) bond motifs is 2. The molecule has 0 saturated carbocycles. The Bertz CT molecular complexity index is 1730. The van der Waals surface area contributed by atoms with Gasteiger partial charge in [-0.15, -0.1) is 21.5 Å². The summed E-state index contributed by atoms with van der Waals surface area (Å²) in [5, 5.41) is 18.1. The van der Waals surface area contributed by atoms with E-state index in [1.807, 2.05) is 6.07 Å². The van der Waals surface area contributed by atoms with Gasteiger partial charge in [-0.05, 0) is 24.6 Å². The number of hydrogen-bond acceptors (Lipinski definition) is 9. The van der Waals surface area contributed by atoms with Crippen molar-refractivity contribution in [2.24, 2.45) is 0 Å². The van der Waals surface area contributed by atoms with Gasteiger partial charge in [-0.25, -0.2) is 14.1 Å². The summed E-state index contributed by atoms with van der Waals surface area (Å²) < 4.78 is 17.9. The number of carbonyl (C=O) groups is 1. The van der Waals surface area contributed by atoms with Crippen molar-refractivity contribution in [3.63, 3.8) is 0 Å². The number of nitrogens with two attached hydrogens (primary N) is 1. The third-order valence-electron chi connectivity index (χ3n) is 6.32. The molecule has 38 heavy (non-hydrogen) atoms. The molecule has 1 aromatic carbocycles. The molecular weight excluding hydrogens is 509 g/mol. The highest BCUT2D eigenvalue weighted by Crippen LogP contribution is 2.26. The number of nitrogens with zero attached hydrogens (tertiary/aromatic N) is 6. The fourth-order valence-electron chi connectivity index (χ4n) is 4.47. The van der Waals surface area contributed by atoms with Crippen molar-refractivity contribution in [1.82, 2.24) is 34.8 Å². The predicted molar refractivity (Wildman–Crippen MR) is 140 cm³/mol. The van der Waals surface area contributed by atoms with E-state index < -0.39 is 6.04 Å². The number of anilines is 2. The third kappa shape index (κ3) is 4.47. The molecule has 0 bridgehead atoms. The molecule has 6 rings (SSSR count). The molecule has 1 amide bonds. The van der Waals surface area contributed by atoms with Gasteiger partial charge < -0.3 is 16.4 Å². The predicted octanol–water partition coefficient (Wildman–Crippen LogP) is 2.57. The lowest BCUT2D eigenvalue weighted by atomic mass is 10.2. The third-order valence-corrected chi connectivity index (χ3v) is 7.40. The van der Waals surface area contributed by atoms with Crippen molar-refractivity contribution in [3.8, 4) is 5.69 Å². The van der Waals surface area contributed by atoms with Crippen LogP contribution in [0.15, 0.2) is 59.8 Å². The Kier molecular flexibility index (Phi) is 6.04. The summed E-state index contributed by atoms with van der Waals surface area (Å²) >= 11 is 1.48. The summed E-state index contributed by atoms with van der Waals surface area (Å²) in [4.78, 5) is 31.6. The molecule has 4 aromatic heterocycles. The van der Waals surface area contributed by atoms with Crippen molar-refractivity contribution in [2.45, 2.75) is 32.0 Å². The highest BCUT2D eigenvalue weighted by Gasteiger charge is 2.31. The normalized spacial score (nSPS) is 14.5. The Balaban J connectivity index is 1.14. The lowest BCUT2D eigenvalue weighted by Crippen LogP contribution is -2.36. The van der Waals surface area contributed by atoms with Crippen molar-refractivity contribution < 1.29 is 9.18 Å². The average molecular weight is 532 g/mol. The Morgan fingerprint density at radius 1 is 1.18 bits per heavy atom. The van der Waals surface area contributed by atoms with E-state index in [1.165, 1.54) is 32.8 Å². The smallest absolute Gasteiger partial charge is 0.277 e. The molecule has 192 valence electrons. The van der Waals surface area contributed by atoms with Gasteiger partial charge in [0, 0.05) is 35.7 Å². The second-order valence-electron chi connectivity index (χ2n) is 8.87. The number of aromatic nitrogens is 6. The van der Waals surface area contributed by atoms with Crippen LogP contribution in [0.3, 0.4) is 0 Å². The second kappa shape index (κ2) is 9.67. The number of amides is 1. The SMILES string of the molecule is Nc1cc2sc(CNC(=O)[C@@H]3CCc4ncc(NCc5cnn(-c6ccccc6F)c5)c(=O)n43)cc2nn1. The first-order valence-electron chi connectivity index (χ1n) is 11.9. The van der Waals surface area contributed by atoms with E-state index in [2.05, 4.69) is 30.9 Å². The van der Waals surface area contributed by atoms with Crippen LogP contribution in [0.25, 0.3) is 15.9 Å². The topological polar surface area (TPSA) is 146 Å². The first kappa shape index (κ1) is 23.7. The van der Waals surface area contributed by atoms with Gasteiger partial charge in [0.15, 0.2) is 0 Å². The summed E-state index contributed by atoms with van der Waals surface area (Å²) in [5.74, 6) is 0.277. The zero-order chi connectivity index (χ0) is 26.2. The monoisotopic (exact) mass is 531 g/mol. The highest BCUT2D eigenvalue weighted by atomic mass is 32.1. The van der Waals surface area contributed by atoms with Crippen LogP contribution in [0.2, 0.25) is 0 Å². The largest absolute Gasteiger partial charge is 0.382 e. The van der Waals surface area contributed by atoms with E-state index in [4.69, 9.17) is 5.73 Å². The summed E-state index contributed by atoms with van der Waals surface area (Å²) in [5.41, 5.74) is 7.45. The fraction of sp³-hybridized carbons (Fsp3) is 0.200. The minimum absolute atomic E-state index is 0.251. The molecule has 0 aliphatic carbocycles. The van der Waals surface area contributed by atoms with Crippen LogP contribution in [0.4, 0.5) is 15.9 Å². The minimum atomic E-state index is -0.652. The van der Waals surface area contributed by atoms with Crippen LogP contribution in [-0.2, 0) is 24.3 Å². The quantitative estimate of drug-likeness (QED) is 0.291. The maximum Gasteiger partial charge on any atom is 0.277 e. The second-order valence-corrected chi connectivity index (χ2v) is 10.0. The van der Waals surface area contributed by atoms with E-state index in [-0.39, 0.29) is 29.5 Å². The van der Waals surface area contributed by atoms with Gasteiger partial charge in [-0.1, -0.05) is 12.1 Å². The maximum atomic E-state index is 14.1.